The Kier molecular flexibility index (Phi) is 8.63. The molecule has 0 bridgehead atoms. The third-order valence-corrected chi connectivity index (χ3v) is 7.99. The summed E-state index contributed by atoms with van der Waals surface area (Å²) in [6, 6.07) is -0.105. The van der Waals surface area contributed by atoms with Crippen LogP contribution in [0.15, 0.2) is 0 Å². The van der Waals surface area contributed by atoms with Crippen molar-refractivity contribution in [2.24, 2.45) is 5.41 Å². The van der Waals surface area contributed by atoms with Crippen molar-refractivity contribution in [1.29, 1.82) is 0 Å². The molecule has 6 nitrogen and oxygen atoms in total. The smallest absolute Gasteiger partial charge is 0.411 e. The molecule has 9 heteroatoms. The quantitative estimate of drug-likeness (QED) is 0.367. The van der Waals surface area contributed by atoms with Crippen LogP contribution in [-0.4, -0.2) is 45.2 Å². The molecule has 204 valence electrons. The number of hydrogen-bond acceptors (Lipinski definition) is 4. The summed E-state index contributed by atoms with van der Waals surface area (Å²) in [7, 11) is 0. The van der Waals surface area contributed by atoms with Crippen molar-refractivity contribution in [3.05, 3.63) is 27.8 Å². The van der Waals surface area contributed by atoms with Gasteiger partial charge in [0.2, 0.25) is 3.79 Å². The van der Waals surface area contributed by atoms with Crippen LogP contribution in [0.3, 0.4) is 0 Å². The summed E-state index contributed by atoms with van der Waals surface area (Å²) in [5, 5.41) is 2.83. The number of anilines is 1. The van der Waals surface area contributed by atoms with Crippen LogP contribution in [0.1, 0.15) is 83.2 Å². The molecule has 1 N–H and O–H groups in total. The molecule has 2 atom stereocenters. The van der Waals surface area contributed by atoms with Gasteiger partial charge in [-0.15, -0.1) is 0 Å². The minimum atomic E-state index is -1.69. The van der Waals surface area contributed by atoms with Gasteiger partial charge in [0.1, 0.15) is 12.2 Å². The molecule has 2 rings (SSSR count). The number of nitrogens with one attached hydrogen (secondary N) is 1. The molecular weight excluding hydrogens is 523 g/mol. The summed E-state index contributed by atoms with van der Waals surface area (Å²) in [5.41, 5.74) is 4.70. The number of carbonyl (C=O) groups excluding carboxylic acids is 2. The van der Waals surface area contributed by atoms with Crippen molar-refractivity contribution in [2.45, 2.75) is 110 Å². The minimum Gasteiger partial charge on any atom is -0.445 e. The maximum Gasteiger partial charge on any atom is 0.411 e. The predicted molar refractivity (Wildman–Crippen MR) is 149 cm³/mol. The lowest BCUT2D eigenvalue weighted by Crippen LogP contribution is -2.45. The van der Waals surface area contributed by atoms with Crippen LogP contribution in [0.5, 0.6) is 0 Å². The van der Waals surface area contributed by atoms with Crippen LogP contribution in [0.4, 0.5) is 15.3 Å². The Labute approximate surface area is 231 Å². The van der Waals surface area contributed by atoms with E-state index in [4.69, 9.17) is 44.3 Å². The van der Waals surface area contributed by atoms with Crippen molar-refractivity contribution < 1.29 is 19.1 Å². The van der Waals surface area contributed by atoms with Crippen LogP contribution < -0.4 is 5.32 Å². The Hall–Kier alpha value is -1.37. The number of halogens is 3. The van der Waals surface area contributed by atoms with Crippen LogP contribution in [0.2, 0.25) is 0 Å². The molecule has 36 heavy (non-hydrogen) atoms. The largest absolute Gasteiger partial charge is 0.445 e. The van der Waals surface area contributed by atoms with Crippen LogP contribution in [0, 0.1) is 33.1 Å². The molecule has 0 heterocycles. The Morgan fingerprint density at radius 2 is 1.44 bits per heavy atom. The fourth-order valence-electron chi connectivity index (χ4n) is 5.53. The highest BCUT2D eigenvalue weighted by molar-refractivity contribution is 6.67. The third kappa shape index (κ3) is 5.86. The van der Waals surface area contributed by atoms with Gasteiger partial charge < -0.3 is 14.4 Å². The molecule has 2 unspecified atom stereocenters. The average Bonchev–Trinajstić information content (AvgIpc) is 3.12. The maximum absolute atomic E-state index is 13.3. The molecule has 0 aromatic heterocycles. The summed E-state index contributed by atoms with van der Waals surface area (Å²) in [4.78, 5) is 27.6. The molecule has 1 aromatic carbocycles. The molecule has 1 saturated carbocycles. The van der Waals surface area contributed by atoms with Gasteiger partial charge in [-0.3, -0.25) is 5.32 Å². The number of ether oxygens (including phenoxy) is 2. The molecule has 0 spiro atoms. The first-order valence-corrected chi connectivity index (χ1v) is 13.3. The Balaban J connectivity index is 2.53. The van der Waals surface area contributed by atoms with Crippen molar-refractivity contribution in [1.82, 2.24) is 4.90 Å². The lowest BCUT2D eigenvalue weighted by atomic mass is 9.80. The van der Waals surface area contributed by atoms with Gasteiger partial charge in [0.05, 0.1) is 11.7 Å². The number of amides is 2. The molecule has 1 aromatic rings. The zero-order valence-electron chi connectivity index (χ0n) is 23.6. The first-order valence-electron chi connectivity index (χ1n) is 12.2. The molecule has 2 amide bonds. The van der Waals surface area contributed by atoms with Crippen molar-refractivity contribution in [3.63, 3.8) is 0 Å². The second-order valence-electron chi connectivity index (χ2n) is 11.9. The van der Waals surface area contributed by atoms with Gasteiger partial charge in [-0.05, 0) is 95.5 Å². The fraction of sp³-hybridized carbons (Fsp3) is 0.704. The average molecular weight is 564 g/mol. The van der Waals surface area contributed by atoms with E-state index in [1.54, 1.807) is 0 Å². The monoisotopic (exact) mass is 562 g/mol. The van der Waals surface area contributed by atoms with Crippen molar-refractivity contribution >= 4 is 52.7 Å². The number of carbonyl (C=O) groups is 2. The Morgan fingerprint density at radius 3 is 1.83 bits per heavy atom. The number of alkyl halides is 3. The van der Waals surface area contributed by atoms with Crippen molar-refractivity contribution in [2.75, 3.05) is 11.9 Å². The van der Waals surface area contributed by atoms with E-state index in [-0.39, 0.29) is 35.6 Å². The van der Waals surface area contributed by atoms with Gasteiger partial charge in [-0.1, -0.05) is 55.6 Å². The second kappa shape index (κ2) is 10.1. The number of nitrogens with zero attached hydrogens (tertiary/aromatic N) is 1. The highest BCUT2D eigenvalue weighted by atomic mass is 35.6. The second-order valence-corrected chi connectivity index (χ2v) is 14.4. The summed E-state index contributed by atoms with van der Waals surface area (Å²) >= 11 is 17.1. The highest BCUT2D eigenvalue weighted by Gasteiger charge is 2.73. The van der Waals surface area contributed by atoms with E-state index < -0.39 is 15.5 Å². The molecule has 0 saturated heterocycles. The van der Waals surface area contributed by atoms with Gasteiger partial charge in [0.25, 0.3) is 0 Å². The zero-order valence-corrected chi connectivity index (χ0v) is 25.8. The van der Waals surface area contributed by atoms with E-state index in [9.17, 15) is 9.59 Å². The standard InChI is InChI=1S/C27H41Cl3N2O4/c1-14(2)32(23(34)36-24(7,8)9)21-25(10,11)26(21,12)19-15(3)17(5)20(18(6)16(19)4)31-22(33)35-13-27(28,29)30/h14,21H,13H2,1-12H3,(H,31,33). The van der Waals surface area contributed by atoms with E-state index in [1.165, 1.54) is 5.56 Å². The number of benzene rings is 1. The van der Waals surface area contributed by atoms with E-state index in [0.717, 1.165) is 22.3 Å². The number of rotatable bonds is 5. The molecular formula is C27H41Cl3N2O4. The Morgan fingerprint density at radius 1 is 0.972 bits per heavy atom. The fourth-order valence-corrected chi connectivity index (χ4v) is 5.69. The normalized spacial score (nSPS) is 21.3. The van der Waals surface area contributed by atoms with Gasteiger partial charge in [-0.25, -0.2) is 9.59 Å². The van der Waals surface area contributed by atoms with Crippen LogP contribution >= 0.6 is 34.8 Å². The van der Waals surface area contributed by atoms with E-state index in [2.05, 4.69) is 39.9 Å². The molecule has 1 aliphatic carbocycles. The Bertz CT molecular complexity index is 1010. The minimum absolute atomic E-state index is 0.0395. The summed E-state index contributed by atoms with van der Waals surface area (Å²) in [5.74, 6) is 0. The van der Waals surface area contributed by atoms with Crippen molar-refractivity contribution in [3.8, 4) is 0 Å². The predicted octanol–water partition coefficient (Wildman–Crippen LogP) is 8.15. The first-order chi connectivity index (χ1) is 16.1. The molecule has 0 radical (unpaired) electrons. The van der Waals surface area contributed by atoms with E-state index in [0.29, 0.717) is 5.69 Å². The summed E-state index contributed by atoms with van der Waals surface area (Å²) in [6.07, 6.45) is -0.996. The lowest BCUT2D eigenvalue weighted by molar-refractivity contribution is 0.0136. The van der Waals surface area contributed by atoms with Crippen LogP contribution in [-0.2, 0) is 14.9 Å². The highest BCUT2D eigenvalue weighted by Crippen LogP contribution is 2.68. The topological polar surface area (TPSA) is 67.9 Å². The SMILES string of the molecule is Cc1c(C)c(C2(C)C(N(C(=O)OC(C)(C)C)C(C)C)C2(C)C)c(C)c(C)c1NC(=O)OCC(Cl)(Cl)Cl. The zero-order chi connectivity index (χ0) is 28.2. The van der Waals surface area contributed by atoms with E-state index in [1.807, 2.05) is 53.4 Å². The summed E-state index contributed by atoms with van der Waals surface area (Å²) in [6.45, 7) is 24.0. The van der Waals surface area contributed by atoms with Gasteiger partial charge in [-0.2, -0.15) is 0 Å². The maximum atomic E-state index is 13.3. The van der Waals surface area contributed by atoms with Gasteiger partial charge in [0, 0.05) is 11.5 Å². The first kappa shape index (κ1) is 30.9. The molecule has 1 aliphatic rings. The lowest BCUT2D eigenvalue weighted by Gasteiger charge is -2.33. The third-order valence-electron chi connectivity index (χ3n) is 7.66. The molecule has 0 aliphatic heterocycles. The number of hydrogen-bond donors (Lipinski definition) is 1. The van der Waals surface area contributed by atoms with Gasteiger partial charge in [0.15, 0.2) is 0 Å². The van der Waals surface area contributed by atoms with Crippen LogP contribution in [0.25, 0.3) is 0 Å². The van der Waals surface area contributed by atoms with Gasteiger partial charge >= 0.3 is 12.2 Å². The van der Waals surface area contributed by atoms with E-state index >= 15 is 0 Å². The molecule has 1 fully saturated rings. The summed E-state index contributed by atoms with van der Waals surface area (Å²) < 4.78 is 9.19.